The molecule has 0 spiro atoms. The lowest BCUT2D eigenvalue weighted by Crippen LogP contribution is -2.36. The van der Waals surface area contributed by atoms with Crippen molar-refractivity contribution < 1.29 is 4.79 Å². The molecule has 0 radical (unpaired) electrons. The van der Waals surface area contributed by atoms with Crippen LogP contribution < -0.4 is 5.32 Å². The summed E-state index contributed by atoms with van der Waals surface area (Å²) in [5.74, 6) is 0.0931. The molecule has 0 saturated heterocycles. The van der Waals surface area contributed by atoms with Crippen LogP contribution in [0, 0.1) is 11.3 Å². The number of hydrogen-bond donors (Lipinski definition) is 1. The van der Waals surface area contributed by atoms with Crippen molar-refractivity contribution in [3.63, 3.8) is 0 Å². The van der Waals surface area contributed by atoms with E-state index in [2.05, 4.69) is 11.4 Å². The zero-order valence-electron chi connectivity index (χ0n) is 12.5. The lowest BCUT2D eigenvalue weighted by Gasteiger charge is -2.20. The highest BCUT2D eigenvalue weighted by Crippen LogP contribution is 2.48. The fourth-order valence-electron chi connectivity index (χ4n) is 2.79. The van der Waals surface area contributed by atoms with Crippen LogP contribution in [-0.4, -0.2) is 5.91 Å². The Labute approximate surface area is 130 Å². The molecule has 1 amide bonds. The van der Waals surface area contributed by atoms with E-state index in [1.54, 1.807) is 12.1 Å². The number of nitriles is 1. The average Bonchev–Trinajstić information content (AvgIpc) is 3.37. The molecule has 0 aromatic heterocycles. The Morgan fingerprint density at radius 3 is 2.32 bits per heavy atom. The second-order valence-electron chi connectivity index (χ2n) is 5.88. The van der Waals surface area contributed by atoms with Crippen molar-refractivity contribution in [2.24, 2.45) is 0 Å². The van der Waals surface area contributed by atoms with Gasteiger partial charge in [-0.05, 0) is 43.0 Å². The first kappa shape index (κ1) is 14.3. The van der Waals surface area contributed by atoms with Crippen LogP contribution in [0.1, 0.15) is 42.5 Å². The van der Waals surface area contributed by atoms with E-state index in [0.717, 1.165) is 24.0 Å². The Hall–Kier alpha value is -2.60. The minimum Gasteiger partial charge on any atom is -0.349 e. The smallest absolute Gasteiger partial charge is 0.231 e. The molecule has 1 fully saturated rings. The summed E-state index contributed by atoms with van der Waals surface area (Å²) in [6, 6.07) is 19.4. The topological polar surface area (TPSA) is 52.9 Å². The summed E-state index contributed by atoms with van der Waals surface area (Å²) in [4.78, 5) is 12.7. The summed E-state index contributed by atoms with van der Waals surface area (Å²) in [5, 5.41) is 11.9. The molecule has 1 aliphatic carbocycles. The summed E-state index contributed by atoms with van der Waals surface area (Å²) in [5.41, 5.74) is 2.39. The molecule has 1 aliphatic rings. The highest BCUT2D eigenvalue weighted by atomic mass is 16.2. The van der Waals surface area contributed by atoms with Gasteiger partial charge in [0.15, 0.2) is 0 Å². The maximum absolute atomic E-state index is 12.7. The summed E-state index contributed by atoms with van der Waals surface area (Å²) in [6.07, 6.45) is 1.81. The highest BCUT2D eigenvalue weighted by molar-refractivity contribution is 5.91. The van der Waals surface area contributed by atoms with Gasteiger partial charge in [0.2, 0.25) is 5.91 Å². The van der Waals surface area contributed by atoms with Crippen molar-refractivity contribution in [2.45, 2.75) is 31.2 Å². The van der Waals surface area contributed by atoms with Gasteiger partial charge in [0.1, 0.15) is 0 Å². The number of benzene rings is 2. The summed E-state index contributed by atoms with van der Waals surface area (Å²) in [7, 11) is 0. The van der Waals surface area contributed by atoms with Gasteiger partial charge in [-0.15, -0.1) is 0 Å². The molecule has 1 saturated carbocycles. The molecule has 3 heteroatoms. The van der Waals surface area contributed by atoms with Crippen LogP contribution in [0.2, 0.25) is 0 Å². The summed E-state index contributed by atoms with van der Waals surface area (Å²) in [6.45, 7) is 1.97. The first-order valence-electron chi connectivity index (χ1n) is 7.52. The quantitative estimate of drug-likeness (QED) is 0.937. The molecule has 0 unspecified atom stereocenters. The number of hydrogen-bond acceptors (Lipinski definition) is 2. The van der Waals surface area contributed by atoms with E-state index in [-0.39, 0.29) is 17.4 Å². The van der Waals surface area contributed by atoms with E-state index >= 15 is 0 Å². The predicted octanol–water partition coefficient (Wildman–Crippen LogP) is 3.47. The molecule has 0 heterocycles. The Balaban J connectivity index is 1.73. The fraction of sp³-hybridized carbons (Fsp3) is 0.263. The molecule has 0 aliphatic heterocycles. The van der Waals surface area contributed by atoms with Crippen molar-refractivity contribution in [1.82, 2.24) is 5.32 Å². The SMILES string of the molecule is C[C@@H](NC(=O)C1(c2ccccc2)CC1)c1ccc(C#N)cc1. The van der Waals surface area contributed by atoms with Crippen LogP contribution in [0.5, 0.6) is 0 Å². The molecular formula is C19H18N2O. The molecular weight excluding hydrogens is 272 g/mol. The third-order valence-electron chi connectivity index (χ3n) is 4.40. The van der Waals surface area contributed by atoms with E-state index in [0.29, 0.717) is 5.56 Å². The second kappa shape index (κ2) is 5.65. The van der Waals surface area contributed by atoms with Crippen molar-refractivity contribution in [3.05, 3.63) is 71.3 Å². The van der Waals surface area contributed by atoms with Crippen LogP contribution in [0.25, 0.3) is 0 Å². The predicted molar refractivity (Wildman–Crippen MR) is 85.1 cm³/mol. The number of carbonyl (C=O) groups is 1. The van der Waals surface area contributed by atoms with Gasteiger partial charge < -0.3 is 5.32 Å². The normalized spacial score (nSPS) is 16.4. The van der Waals surface area contributed by atoms with Crippen molar-refractivity contribution in [1.29, 1.82) is 5.26 Å². The summed E-state index contributed by atoms with van der Waals surface area (Å²) >= 11 is 0. The molecule has 3 nitrogen and oxygen atoms in total. The number of amides is 1. The zero-order valence-corrected chi connectivity index (χ0v) is 12.5. The van der Waals surface area contributed by atoms with Crippen LogP contribution in [0.4, 0.5) is 0 Å². The molecule has 2 aromatic rings. The Morgan fingerprint density at radius 2 is 1.77 bits per heavy atom. The van der Waals surface area contributed by atoms with Crippen molar-refractivity contribution >= 4 is 5.91 Å². The molecule has 2 aromatic carbocycles. The Morgan fingerprint density at radius 1 is 1.14 bits per heavy atom. The largest absolute Gasteiger partial charge is 0.349 e. The average molecular weight is 290 g/mol. The monoisotopic (exact) mass is 290 g/mol. The minimum absolute atomic E-state index is 0.0681. The van der Waals surface area contributed by atoms with E-state index < -0.39 is 0 Å². The van der Waals surface area contributed by atoms with Crippen LogP contribution in [0.3, 0.4) is 0 Å². The van der Waals surface area contributed by atoms with Gasteiger partial charge in [0.05, 0.1) is 23.1 Å². The van der Waals surface area contributed by atoms with Crippen molar-refractivity contribution in [2.75, 3.05) is 0 Å². The van der Waals surface area contributed by atoms with Crippen LogP contribution in [-0.2, 0) is 10.2 Å². The number of nitrogens with one attached hydrogen (secondary N) is 1. The second-order valence-corrected chi connectivity index (χ2v) is 5.88. The van der Waals surface area contributed by atoms with Crippen molar-refractivity contribution in [3.8, 4) is 6.07 Å². The van der Waals surface area contributed by atoms with Gasteiger partial charge in [-0.25, -0.2) is 0 Å². The molecule has 1 atom stereocenters. The van der Waals surface area contributed by atoms with Gasteiger partial charge >= 0.3 is 0 Å². The minimum atomic E-state index is -0.345. The maximum atomic E-state index is 12.7. The number of carbonyl (C=O) groups excluding carboxylic acids is 1. The maximum Gasteiger partial charge on any atom is 0.231 e. The van der Waals surface area contributed by atoms with Gasteiger partial charge in [-0.3, -0.25) is 4.79 Å². The molecule has 3 rings (SSSR count). The van der Waals surface area contributed by atoms with E-state index in [1.165, 1.54) is 0 Å². The highest BCUT2D eigenvalue weighted by Gasteiger charge is 2.51. The van der Waals surface area contributed by atoms with Crippen LogP contribution >= 0.6 is 0 Å². The van der Waals surface area contributed by atoms with E-state index in [1.807, 2.05) is 49.4 Å². The van der Waals surface area contributed by atoms with Gasteiger partial charge in [-0.1, -0.05) is 42.5 Å². The Bertz CT molecular complexity index is 709. The first-order chi connectivity index (χ1) is 10.7. The number of nitrogens with zero attached hydrogens (tertiary/aromatic N) is 1. The Kier molecular flexibility index (Phi) is 3.68. The third-order valence-corrected chi connectivity index (χ3v) is 4.40. The van der Waals surface area contributed by atoms with Gasteiger partial charge in [0.25, 0.3) is 0 Å². The standard InChI is InChI=1S/C19H18N2O/c1-14(16-9-7-15(13-20)8-10-16)21-18(22)19(11-12-19)17-5-3-2-4-6-17/h2-10,14H,11-12H2,1H3,(H,21,22)/t14-/m1/s1. The zero-order chi connectivity index (χ0) is 15.6. The molecule has 22 heavy (non-hydrogen) atoms. The molecule has 110 valence electrons. The summed E-state index contributed by atoms with van der Waals surface area (Å²) < 4.78 is 0. The van der Waals surface area contributed by atoms with Gasteiger partial charge in [-0.2, -0.15) is 5.26 Å². The lowest BCUT2D eigenvalue weighted by atomic mass is 9.94. The third kappa shape index (κ3) is 2.60. The fourth-order valence-corrected chi connectivity index (χ4v) is 2.79. The van der Waals surface area contributed by atoms with E-state index in [9.17, 15) is 4.79 Å². The van der Waals surface area contributed by atoms with Crippen LogP contribution in [0.15, 0.2) is 54.6 Å². The van der Waals surface area contributed by atoms with E-state index in [4.69, 9.17) is 5.26 Å². The first-order valence-corrected chi connectivity index (χ1v) is 7.52. The molecule has 0 bridgehead atoms. The molecule has 1 N–H and O–H groups in total. The number of rotatable bonds is 4. The lowest BCUT2D eigenvalue weighted by molar-refractivity contribution is -0.124. The van der Waals surface area contributed by atoms with Gasteiger partial charge in [0, 0.05) is 0 Å².